The highest BCUT2D eigenvalue weighted by molar-refractivity contribution is 5.93. The maximum atomic E-state index is 13.0. The van der Waals surface area contributed by atoms with Gasteiger partial charge in [0.05, 0.1) is 13.2 Å². The van der Waals surface area contributed by atoms with Crippen LogP contribution in [0.1, 0.15) is 40.6 Å². The molecule has 2 aromatic carbocycles. The zero-order chi connectivity index (χ0) is 18.8. The van der Waals surface area contributed by atoms with Gasteiger partial charge in [-0.1, -0.05) is 35.0 Å². The Balaban J connectivity index is 1.56. The standard InChI is InChI=1S/C22H22N2O3/c1-15-5-3-6-17(13-15)20-7-4-12-24(20)22(25)21-14-19(23-27-21)16-8-10-18(26-2)11-9-16/h3,5-6,8-11,13-14,20H,4,7,12H2,1-2H3/t20-/m0/s1. The highest BCUT2D eigenvalue weighted by Gasteiger charge is 2.32. The Hall–Kier alpha value is -3.08. The summed E-state index contributed by atoms with van der Waals surface area (Å²) in [6.07, 6.45) is 1.96. The maximum Gasteiger partial charge on any atom is 0.292 e. The Morgan fingerprint density at radius 1 is 1.19 bits per heavy atom. The Bertz CT molecular complexity index is 946. The minimum Gasteiger partial charge on any atom is -0.497 e. The number of rotatable bonds is 4. The van der Waals surface area contributed by atoms with Gasteiger partial charge in [0.2, 0.25) is 5.76 Å². The van der Waals surface area contributed by atoms with E-state index >= 15 is 0 Å². The SMILES string of the molecule is COc1ccc(-c2cc(C(=O)N3CCC[C@H]3c3cccc(C)c3)on2)cc1. The first-order chi connectivity index (χ1) is 13.2. The third-order valence-corrected chi connectivity index (χ3v) is 5.05. The van der Waals surface area contributed by atoms with Crippen molar-refractivity contribution in [3.8, 4) is 17.0 Å². The van der Waals surface area contributed by atoms with Crippen LogP contribution in [0.3, 0.4) is 0 Å². The van der Waals surface area contributed by atoms with Gasteiger partial charge in [0.25, 0.3) is 5.91 Å². The molecule has 1 saturated heterocycles. The fourth-order valence-corrected chi connectivity index (χ4v) is 3.65. The Labute approximate surface area is 158 Å². The number of amides is 1. The number of hydrogen-bond acceptors (Lipinski definition) is 4. The third kappa shape index (κ3) is 3.45. The Kier molecular flexibility index (Phi) is 4.67. The van der Waals surface area contributed by atoms with Crippen molar-refractivity contribution in [3.63, 3.8) is 0 Å². The molecule has 1 fully saturated rings. The molecule has 0 N–H and O–H groups in total. The maximum absolute atomic E-state index is 13.0. The molecule has 1 aromatic heterocycles. The number of likely N-dealkylation sites (tertiary alicyclic amines) is 1. The number of carbonyl (C=O) groups is 1. The molecule has 1 amide bonds. The molecule has 0 saturated carbocycles. The molecule has 1 atom stereocenters. The summed E-state index contributed by atoms with van der Waals surface area (Å²) < 4.78 is 10.6. The fourth-order valence-electron chi connectivity index (χ4n) is 3.65. The van der Waals surface area contributed by atoms with E-state index < -0.39 is 0 Å². The average Bonchev–Trinajstić information content (AvgIpc) is 3.37. The Morgan fingerprint density at radius 3 is 2.74 bits per heavy atom. The molecule has 5 heteroatoms. The van der Waals surface area contributed by atoms with Crippen molar-refractivity contribution < 1.29 is 14.1 Å². The smallest absolute Gasteiger partial charge is 0.292 e. The van der Waals surface area contributed by atoms with Gasteiger partial charge in [0.15, 0.2) is 0 Å². The number of hydrogen-bond donors (Lipinski definition) is 0. The first-order valence-electron chi connectivity index (χ1n) is 9.14. The van der Waals surface area contributed by atoms with E-state index in [-0.39, 0.29) is 17.7 Å². The van der Waals surface area contributed by atoms with Crippen molar-refractivity contribution in [1.82, 2.24) is 10.1 Å². The second-order valence-corrected chi connectivity index (χ2v) is 6.88. The molecule has 3 aromatic rings. The number of carbonyl (C=O) groups excluding carboxylic acids is 1. The van der Waals surface area contributed by atoms with Gasteiger partial charge in [-0.25, -0.2) is 0 Å². The fraction of sp³-hybridized carbons (Fsp3) is 0.273. The average molecular weight is 362 g/mol. The summed E-state index contributed by atoms with van der Waals surface area (Å²) in [4.78, 5) is 14.9. The monoisotopic (exact) mass is 362 g/mol. The summed E-state index contributed by atoms with van der Waals surface area (Å²) in [6.45, 7) is 2.80. The van der Waals surface area contributed by atoms with Gasteiger partial charge in [-0.2, -0.15) is 0 Å². The first kappa shape index (κ1) is 17.3. The number of methoxy groups -OCH3 is 1. The normalized spacial score (nSPS) is 16.5. The third-order valence-electron chi connectivity index (χ3n) is 5.05. The van der Waals surface area contributed by atoms with Gasteiger partial charge >= 0.3 is 0 Å². The summed E-state index contributed by atoms with van der Waals surface area (Å²) >= 11 is 0. The largest absolute Gasteiger partial charge is 0.497 e. The van der Waals surface area contributed by atoms with E-state index in [0.717, 1.165) is 30.7 Å². The molecule has 1 aliphatic rings. The van der Waals surface area contributed by atoms with Crippen LogP contribution in [0.5, 0.6) is 5.75 Å². The minimum absolute atomic E-state index is 0.0898. The number of ether oxygens (including phenoxy) is 1. The van der Waals surface area contributed by atoms with E-state index in [1.807, 2.05) is 35.2 Å². The van der Waals surface area contributed by atoms with Crippen molar-refractivity contribution >= 4 is 5.91 Å². The summed E-state index contributed by atoms with van der Waals surface area (Å²) in [5.74, 6) is 0.947. The molecule has 27 heavy (non-hydrogen) atoms. The molecular formula is C22H22N2O3. The van der Waals surface area contributed by atoms with Crippen molar-refractivity contribution in [2.24, 2.45) is 0 Å². The quantitative estimate of drug-likeness (QED) is 0.679. The lowest BCUT2D eigenvalue weighted by Crippen LogP contribution is -2.30. The number of benzene rings is 2. The van der Waals surface area contributed by atoms with Crippen molar-refractivity contribution in [1.29, 1.82) is 0 Å². The Morgan fingerprint density at radius 2 is 2.00 bits per heavy atom. The van der Waals surface area contributed by atoms with E-state index in [4.69, 9.17) is 9.26 Å². The van der Waals surface area contributed by atoms with Crippen LogP contribution in [0, 0.1) is 6.92 Å². The lowest BCUT2D eigenvalue weighted by Gasteiger charge is -2.24. The molecule has 0 spiro atoms. The molecular weight excluding hydrogens is 340 g/mol. The van der Waals surface area contributed by atoms with Crippen LogP contribution in [-0.2, 0) is 0 Å². The van der Waals surface area contributed by atoms with Crippen molar-refractivity contribution in [2.45, 2.75) is 25.8 Å². The predicted molar refractivity (Wildman–Crippen MR) is 103 cm³/mol. The van der Waals surface area contributed by atoms with Crippen LogP contribution in [-0.4, -0.2) is 29.6 Å². The van der Waals surface area contributed by atoms with Crippen LogP contribution in [0.4, 0.5) is 0 Å². The van der Waals surface area contributed by atoms with E-state index in [2.05, 4.69) is 30.3 Å². The molecule has 0 radical (unpaired) electrons. The van der Waals surface area contributed by atoms with E-state index in [9.17, 15) is 4.79 Å². The van der Waals surface area contributed by atoms with Gasteiger partial charge in [0, 0.05) is 18.2 Å². The van der Waals surface area contributed by atoms with Gasteiger partial charge in [-0.05, 0) is 49.6 Å². The molecule has 2 heterocycles. The first-order valence-corrected chi connectivity index (χ1v) is 9.14. The van der Waals surface area contributed by atoms with Gasteiger partial charge in [-0.3, -0.25) is 4.79 Å². The predicted octanol–water partition coefficient (Wildman–Crippen LogP) is 4.64. The lowest BCUT2D eigenvalue weighted by atomic mass is 10.0. The summed E-state index contributed by atoms with van der Waals surface area (Å²) in [7, 11) is 1.63. The highest BCUT2D eigenvalue weighted by atomic mass is 16.5. The molecule has 1 aliphatic heterocycles. The molecule has 0 aliphatic carbocycles. The second-order valence-electron chi connectivity index (χ2n) is 6.88. The summed E-state index contributed by atoms with van der Waals surface area (Å²) in [5.41, 5.74) is 3.91. The zero-order valence-corrected chi connectivity index (χ0v) is 15.5. The molecule has 5 nitrogen and oxygen atoms in total. The van der Waals surface area contributed by atoms with Crippen LogP contribution in [0.25, 0.3) is 11.3 Å². The van der Waals surface area contributed by atoms with Crippen LogP contribution < -0.4 is 4.74 Å². The topological polar surface area (TPSA) is 55.6 Å². The number of nitrogens with zero attached hydrogens (tertiary/aromatic N) is 2. The summed E-state index contributed by atoms with van der Waals surface area (Å²) in [5, 5.41) is 4.08. The molecule has 4 rings (SSSR count). The van der Waals surface area contributed by atoms with Crippen LogP contribution in [0.2, 0.25) is 0 Å². The summed E-state index contributed by atoms with van der Waals surface area (Å²) in [6, 6.07) is 17.7. The number of aryl methyl sites for hydroxylation is 1. The van der Waals surface area contributed by atoms with Gasteiger partial charge < -0.3 is 14.2 Å². The minimum atomic E-state index is -0.105. The zero-order valence-electron chi connectivity index (χ0n) is 15.5. The van der Waals surface area contributed by atoms with E-state index in [0.29, 0.717) is 5.69 Å². The van der Waals surface area contributed by atoms with Crippen LogP contribution >= 0.6 is 0 Å². The number of aromatic nitrogens is 1. The van der Waals surface area contributed by atoms with Crippen molar-refractivity contribution in [3.05, 3.63) is 71.5 Å². The van der Waals surface area contributed by atoms with Gasteiger partial charge in [0.1, 0.15) is 11.4 Å². The second kappa shape index (κ2) is 7.27. The highest BCUT2D eigenvalue weighted by Crippen LogP contribution is 2.34. The lowest BCUT2D eigenvalue weighted by molar-refractivity contribution is 0.0693. The van der Waals surface area contributed by atoms with Crippen LogP contribution in [0.15, 0.2) is 59.1 Å². The van der Waals surface area contributed by atoms with E-state index in [1.54, 1.807) is 13.2 Å². The molecule has 0 bridgehead atoms. The molecule has 138 valence electrons. The molecule has 0 unspecified atom stereocenters. The van der Waals surface area contributed by atoms with Gasteiger partial charge in [-0.15, -0.1) is 0 Å². The van der Waals surface area contributed by atoms with Crippen molar-refractivity contribution in [2.75, 3.05) is 13.7 Å². The van der Waals surface area contributed by atoms with E-state index in [1.165, 1.54) is 11.1 Å².